The van der Waals surface area contributed by atoms with Gasteiger partial charge in [-0.25, -0.2) is 0 Å². The van der Waals surface area contributed by atoms with Gasteiger partial charge in [0.05, 0.1) is 0 Å². The second-order valence-corrected chi connectivity index (χ2v) is 3.88. The van der Waals surface area contributed by atoms with Gasteiger partial charge in [-0.1, -0.05) is 26.7 Å². The fourth-order valence-electron chi connectivity index (χ4n) is 1.55. The lowest BCUT2D eigenvalue weighted by molar-refractivity contribution is -0.120. The van der Waals surface area contributed by atoms with Crippen molar-refractivity contribution in [3.8, 4) is 0 Å². The molecule has 0 spiro atoms. The number of hydrogen-bond acceptors (Lipinski definition) is 2. The molecule has 0 saturated heterocycles. The number of rotatable bonds is 8. The molecule has 2 heteroatoms. The second kappa shape index (κ2) is 8.24. The maximum atomic E-state index is 11.4. The van der Waals surface area contributed by atoms with E-state index in [0.29, 0.717) is 18.2 Å². The maximum absolute atomic E-state index is 11.4. The van der Waals surface area contributed by atoms with Crippen molar-refractivity contribution in [3.05, 3.63) is 0 Å². The van der Waals surface area contributed by atoms with Gasteiger partial charge in [0.1, 0.15) is 5.78 Å². The molecule has 0 saturated carbocycles. The Bertz CT molecular complexity index is 134. The minimum absolute atomic E-state index is 0.411. The average Bonchev–Trinajstić information content (AvgIpc) is 2.05. The monoisotopic (exact) mass is 185 g/mol. The van der Waals surface area contributed by atoms with E-state index in [1.54, 1.807) is 0 Å². The van der Waals surface area contributed by atoms with Crippen molar-refractivity contribution in [3.63, 3.8) is 0 Å². The van der Waals surface area contributed by atoms with E-state index in [-0.39, 0.29) is 0 Å². The van der Waals surface area contributed by atoms with Gasteiger partial charge in [0, 0.05) is 12.8 Å². The lowest BCUT2D eigenvalue weighted by Gasteiger charge is -2.08. The molecule has 78 valence electrons. The first-order chi connectivity index (χ1) is 6.20. The zero-order chi connectivity index (χ0) is 10.1. The van der Waals surface area contributed by atoms with Gasteiger partial charge in [-0.05, 0) is 25.3 Å². The predicted molar refractivity (Wildman–Crippen MR) is 56.6 cm³/mol. The summed E-state index contributed by atoms with van der Waals surface area (Å²) in [5, 5.41) is 0. The Morgan fingerprint density at radius 1 is 1.38 bits per heavy atom. The summed E-state index contributed by atoms with van der Waals surface area (Å²) in [5.41, 5.74) is 5.35. The van der Waals surface area contributed by atoms with Crippen LogP contribution in [0.25, 0.3) is 0 Å². The van der Waals surface area contributed by atoms with E-state index < -0.39 is 0 Å². The van der Waals surface area contributed by atoms with Crippen LogP contribution in [0, 0.1) is 5.92 Å². The van der Waals surface area contributed by atoms with Gasteiger partial charge in [0.2, 0.25) is 0 Å². The first-order valence-electron chi connectivity index (χ1n) is 5.42. The van der Waals surface area contributed by atoms with E-state index in [4.69, 9.17) is 5.73 Å². The molecule has 0 aliphatic rings. The van der Waals surface area contributed by atoms with Crippen molar-refractivity contribution >= 4 is 5.78 Å². The molecule has 0 radical (unpaired) electrons. The smallest absolute Gasteiger partial charge is 0.133 e. The zero-order valence-corrected chi connectivity index (χ0v) is 9.01. The summed E-state index contributed by atoms with van der Waals surface area (Å²) in [7, 11) is 0. The third kappa shape index (κ3) is 7.97. The molecule has 13 heavy (non-hydrogen) atoms. The highest BCUT2D eigenvalue weighted by atomic mass is 16.1. The molecule has 1 unspecified atom stereocenters. The fraction of sp³-hybridized carbons (Fsp3) is 0.909. The first-order valence-corrected chi connectivity index (χ1v) is 5.42. The standard InChI is InChI=1S/C11H23NO/c1-3-6-10(2)9-11(13)7-4-5-8-12/h10H,3-9,12H2,1-2H3. The van der Waals surface area contributed by atoms with Gasteiger partial charge in [-0.3, -0.25) is 4.79 Å². The second-order valence-electron chi connectivity index (χ2n) is 3.88. The Labute approximate surface area is 81.9 Å². The summed E-state index contributed by atoms with van der Waals surface area (Å²) in [6.45, 7) is 5.03. The molecule has 0 aromatic carbocycles. The molecule has 0 heterocycles. The number of carbonyl (C=O) groups is 1. The summed E-state index contributed by atoms with van der Waals surface area (Å²) in [5.74, 6) is 0.977. The van der Waals surface area contributed by atoms with Crippen molar-refractivity contribution in [2.24, 2.45) is 11.7 Å². The lowest BCUT2D eigenvalue weighted by Crippen LogP contribution is -2.06. The maximum Gasteiger partial charge on any atom is 0.133 e. The highest BCUT2D eigenvalue weighted by Gasteiger charge is 2.07. The summed E-state index contributed by atoms with van der Waals surface area (Å²) < 4.78 is 0. The van der Waals surface area contributed by atoms with Gasteiger partial charge in [0.25, 0.3) is 0 Å². The van der Waals surface area contributed by atoms with Gasteiger partial charge < -0.3 is 5.73 Å². The van der Waals surface area contributed by atoms with Crippen LogP contribution in [0.5, 0.6) is 0 Å². The highest BCUT2D eigenvalue weighted by Crippen LogP contribution is 2.12. The van der Waals surface area contributed by atoms with Crippen molar-refractivity contribution in [1.29, 1.82) is 0 Å². The normalized spacial score (nSPS) is 12.8. The number of hydrogen-bond donors (Lipinski definition) is 1. The fourth-order valence-corrected chi connectivity index (χ4v) is 1.55. The van der Waals surface area contributed by atoms with Gasteiger partial charge in [0.15, 0.2) is 0 Å². The van der Waals surface area contributed by atoms with Crippen LogP contribution in [-0.4, -0.2) is 12.3 Å². The zero-order valence-electron chi connectivity index (χ0n) is 9.01. The molecule has 0 aliphatic heterocycles. The van der Waals surface area contributed by atoms with E-state index in [1.165, 1.54) is 12.8 Å². The lowest BCUT2D eigenvalue weighted by atomic mass is 9.97. The molecule has 0 amide bonds. The molecular formula is C11H23NO. The minimum atomic E-state index is 0.411. The predicted octanol–water partition coefficient (Wildman–Crippen LogP) is 2.51. The number of unbranched alkanes of at least 4 members (excludes halogenated alkanes) is 1. The van der Waals surface area contributed by atoms with Crippen molar-refractivity contribution < 1.29 is 4.79 Å². The van der Waals surface area contributed by atoms with Crippen LogP contribution in [0.3, 0.4) is 0 Å². The van der Waals surface area contributed by atoms with Crippen molar-refractivity contribution in [1.82, 2.24) is 0 Å². The SMILES string of the molecule is CCCC(C)CC(=O)CCCCN. The highest BCUT2D eigenvalue weighted by molar-refractivity contribution is 5.78. The number of Topliss-reactive ketones (excluding diaryl/α,β-unsaturated/α-hetero) is 1. The molecule has 1 atom stereocenters. The quantitative estimate of drug-likeness (QED) is 0.590. The average molecular weight is 185 g/mol. The topological polar surface area (TPSA) is 43.1 Å². The van der Waals surface area contributed by atoms with Crippen LogP contribution in [0.15, 0.2) is 0 Å². The van der Waals surface area contributed by atoms with Crippen LogP contribution in [0.2, 0.25) is 0 Å². The van der Waals surface area contributed by atoms with Gasteiger partial charge in [-0.2, -0.15) is 0 Å². The number of ketones is 1. The first kappa shape index (κ1) is 12.6. The van der Waals surface area contributed by atoms with Crippen LogP contribution in [0.1, 0.15) is 52.4 Å². The third-order valence-corrected chi connectivity index (χ3v) is 2.27. The Morgan fingerprint density at radius 3 is 2.62 bits per heavy atom. The summed E-state index contributed by atoms with van der Waals surface area (Å²) in [6, 6.07) is 0. The Hall–Kier alpha value is -0.370. The molecular weight excluding hydrogens is 162 g/mol. The largest absolute Gasteiger partial charge is 0.330 e. The van der Waals surface area contributed by atoms with Gasteiger partial charge in [-0.15, -0.1) is 0 Å². The molecule has 2 nitrogen and oxygen atoms in total. The number of carbonyl (C=O) groups excluding carboxylic acids is 1. The van der Waals surface area contributed by atoms with E-state index in [1.807, 2.05) is 0 Å². The molecule has 0 aliphatic carbocycles. The van der Waals surface area contributed by atoms with E-state index in [0.717, 1.165) is 25.7 Å². The number of nitrogens with two attached hydrogens (primary N) is 1. The minimum Gasteiger partial charge on any atom is -0.330 e. The molecule has 0 fully saturated rings. The molecule has 0 aromatic rings. The van der Waals surface area contributed by atoms with E-state index >= 15 is 0 Å². The van der Waals surface area contributed by atoms with Crippen LogP contribution in [0.4, 0.5) is 0 Å². The Kier molecular flexibility index (Phi) is 8.00. The van der Waals surface area contributed by atoms with Crippen LogP contribution >= 0.6 is 0 Å². The Morgan fingerprint density at radius 2 is 2.08 bits per heavy atom. The Balaban J connectivity index is 3.38. The molecule has 0 aromatic heterocycles. The molecule has 2 N–H and O–H groups in total. The van der Waals surface area contributed by atoms with Crippen LogP contribution in [-0.2, 0) is 4.79 Å². The summed E-state index contributed by atoms with van der Waals surface area (Å²) >= 11 is 0. The molecule has 0 rings (SSSR count). The van der Waals surface area contributed by atoms with E-state index in [2.05, 4.69) is 13.8 Å². The van der Waals surface area contributed by atoms with E-state index in [9.17, 15) is 4.79 Å². The van der Waals surface area contributed by atoms with Crippen LogP contribution < -0.4 is 5.73 Å². The van der Waals surface area contributed by atoms with Crippen molar-refractivity contribution in [2.45, 2.75) is 52.4 Å². The van der Waals surface area contributed by atoms with Crippen molar-refractivity contribution in [2.75, 3.05) is 6.54 Å². The van der Waals surface area contributed by atoms with Gasteiger partial charge >= 0.3 is 0 Å². The summed E-state index contributed by atoms with van der Waals surface area (Å²) in [4.78, 5) is 11.4. The molecule has 0 bridgehead atoms. The third-order valence-electron chi connectivity index (χ3n) is 2.27. The summed E-state index contributed by atoms with van der Waals surface area (Å²) in [6.07, 6.45) is 5.78.